The fraction of sp³-hybridized carbons (Fsp3) is 0.852. The molecule has 0 radical (unpaired) electrons. The highest BCUT2D eigenvalue weighted by Gasteiger charge is 2.26. The molecule has 0 aliphatic rings. The molecule has 0 bridgehead atoms. The van der Waals surface area contributed by atoms with Gasteiger partial charge in [-0.25, -0.2) is 4.79 Å². The molecule has 37 heavy (non-hydrogen) atoms. The second-order valence-electron chi connectivity index (χ2n) is 9.44. The Morgan fingerprint density at radius 1 is 0.811 bits per heavy atom. The lowest BCUT2D eigenvalue weighted by Crippen LogP contribution is -2.53. The zero-order valence-electron chi connectivity index (χ0n) is 23.3. The minimum atomic E-state index is -1.19. The summed E-state index contributed by atoms with van der Waals surface area (Å²) in [5.74, 6) is -0.864. The van der Waals surface area contributed by atoms with Gasteiger partial charge in [-0.3, -0.25) is 14.4 Å². The van der Waals surface area contributed by atoms with Gasteiger partial charge in [0.15, 0.2) is 6.04 Å². The van der Waals surface area contributed by atoms with Crippen LogP contribution in [-0.4, -0.2) is 72.6 Å². The maximum atomic E-state index is 12.4. The predicted molar refractivity (Wildman–Crippen MR) is 149 cm³/mol. The van der Waals surface area contributed by atoms with E-state index < -0.39 is 30.6 Å². The van der Waals surface area contributed by atoms with Crippen molar-refractivity contribution in [2.45, 2.75) is 116 Å². The van der Waals surface area contributed by atoms with Gasteiger partial charge < -0.3 is 25.8 Å². The number of thioether (sulfide) groups is 1. The summed E-state index contributed by atoms with van der Waals surface area (Å²) in [6.07, 6.45) is 17.1. The number of methoxy groups -OCH3 is 1. The average Bonchev–Trinajstić information content (AvgIpc) is 2.88. The van der Waals surface area contributed by atoms with Crippen molar-refractivity contribution in [1.82, 2.24) is 16.0 Å². The van der Waals surface area contributed by atoms with Crippen LogP contribution in [0, 0.1) is 0 Å². The summed E-state index contributed by atoms with van der Waals surface area (Å²) in [5.41, 5.74) is 0. The minimum Gasteiger partial charge on any atom is -0.467 e. The second-order valence-corrected chi connectivity index (χ2v) is 10.6. The highest BCUT2D eigenvalue weighted by Crippen LogP contribution is 2.13. The predicted octanol–water partition coefficient (Wildman–Crippen LogP) is 3.47. The lowest BCUT2D eigenvalue weighted by atomic mass is 10.0. The van der Waals surface area contributed by atoms with Crippen molar-refractivity contribution in [1.29, 1.82) is 0 Å². The maximum Gasteiger partial charge on any atom is 0.330 e. The normalized spacial score (nSPS) is 12.4. The number of carbonyl (C=O) groups excluding carboxylic acids is 4. The third kappa shape index (κ3) is 20.9. The fourth-order valence-electron chi connectivity index (χ4n) is 3.88. The molecule has 9 nitrogen and oxygen atoms in total. The Hall–Kier alpha value is -1.81. The van der Waals surface area contributed by atoms with Gasteiger partial charge in [-0.2, -0.15) is 11.8 Å². The molecule has 0 aromatic heterocycles. The van der Waals surface area contributed by atoms with Crippen LogP contribution >= 0.6 is 11.8 Å². The molecule has 216 valence electrons. The summed E-state index contributed by atoms with van der Waals surface area (Å²) >= 11 is 1.40. The van der Waals surface area contributed by atoms with Crippen LogP contribution < -0.4 is 16.0 Å². The minimum absolute atomic E-state index is 0.0312. The first-order valence-corrected chi connectivity index (χ1v) is 15.1. The standard InChI is InChI=1S/C27H51N3O6S/c1-4-5-6-7-8-9-10-11-12-13-14-15-16-17-25(33)28-18-19-37-21-24(29-22(2)32)26(34)30-23(20-31)27(35)36-3/h23-24,31H,4-21H2,1-3H3,(H,28,33)(H,29,32)(H,30,34). The number of hydrogen-bond acceptors (Lipinski definition) is 7. The Labute approximate surface area is 228 Å². The zero-order chi connectivity index (χ0) is 27.7. The first-order valence-electron chi connectivity index (χ1n) is 14.0. The molecule has 0 saturated heterocycles. The number of amides is 3. The highest BCUT2D eigenvalue weighted by molar-refractivity contribution is 7.99. The van der Waals surface area contributed by atoms with Crippen LogP contribution in [0.2, 0.25) is 0 Å². The van der Waals surface area contributed by atoms with Crippen molar-refractivity contribution in [2.75, 3.05) is 31.8 Å². The quantitative estimate of drug-likeness (QED) is 0.108. The molecule has 0 saturated carbocycles. The van der Waals surface area contributed by atoms with Gasteiger partial charge in [0.05, 0.1) is 13.7 Å². The SMILES string of the molecule is CCCCCCCCCCCCCCCC(=O)NCCSCC(NC(C)=O)C(=O)NC(CO)C(=O)OC. The smallest absolute Gasteiger partial charge is 0.330 e. The van der Waals surface area contributed by atoms with Crippen molar-refractivity contribution in [3.05, 3.63) is 0 Å². The molecular formula is C27H51N3O6S. The third-order valence-electron chi connectivity index (χ3n) is 6.04. The van der Waals surface area contributed by atoms with E-state index in [4.69, 9.17) is 0 Å². The van der Waals surface area contributed by atoms with Gasteiger partial charge in [0.2, 0.25) is 17.7 Å². The summed E-state index contributed by atoms with van der Waals surface area (Å²) in [5, 5.41) is 17.1. The van der Waals surface area contributed by atoms with E-state index in [1.807, 2.05) is 0 Å². The summed E-state index contributed by atoms with van der Waals surface area (Å²) in [4.78, 5) is 47.5. The summed E-state index contributed by atoms with van der Waals surface area (Å²) in [7, 11) is 1.16. The molecule has 0 aromatic rings. The summed E-state index contributed by atoms with van der Waals surface area (Å²) in [6.45, 7) is 3.41. The van der Waals surface area contributed by atoms with Crippen LogP contribution in [0.15, 0.2) is 0 Å². The van der Waals surface area contributed by atoms with E-state index in [0.29, 0.717) is 18.7 Å². The van der Waals surface area contributed by atoms with Crippen LogP contribution in [-0.2, 0) is 23.9 Å². The summed E-state index contributed by atoms with van der Waals surface area (Å²) < 4.78 is 4.53. The Kier molecular flexibility index (Phi) is 23.3. The topological polar surface area (TPSA) is 134 Å². The largest absolute Gasteiger partial charge is 0.467 e. The highest BCUT2D eigenvalue weighted by atomic mass is 32.2. The lowest BCUT2D eigenvalue weighted by Gasteiger charge is -2.20. The van der Waals surface area contributed by atoms with Crippen molar-refractivity contribution in [2.24, 2.45) is 0 Å². The van der Waals surface area contributed by atoms with E-state index in [9.17, 15) is 24.3 Å². The number of unbranched alkanes of at least 4 members (excludes halogenated alkanes) is 12. The molecule has 0 spiro atoms. The molecule has 3 amide bonds. The van der Waals surface area contributed by atoms with Gasteiger partial charge in [0.1, 0.15) is 6.04 Å². The fourth-order valence-corrected chi connectivity index (χ4v) is 4.76. The number of nitrogens with one attached hydrogen (secondary N) is 3. The van der Waals surface area contributed by atoms with Crippen LogP contribution in [0.3, 0.4) is 0 Å². The van der Waals surface area contributed by atoms with Crippen LogP contribution in [0.1, 0.15) is 104 Å². The zero-order valence-corrected chi connectivity index (χ0v) is 24.1. The molecule has 0 fully saturated rings. The number of rotatable bonds is 24. The van der Waals surface area contributed by atoms with E-state index in [-0.39, 0.29) is 17.6 Å². The lowest BCUT2D eigenvalue weighted by molar-refractivity contribution is -0.146. The van der Waals surface area contributed by atoms with Gasteiger partial charge in [-0.05, 0) is 6.42 Å². The van der Waals surface area contributed by atoms with Gasteiger partial charge in [0, 0.05) is 31.4 Å². The molecule has 0 rings (SSSR count). The first kappa shape index (κ1) is 35.2. The van der Waals surface area contributed by atoms with E-state index in [0.717, 1.165) is 20.0 Å². The molecule has 2 atom stereocenters. The number of carbonyl (C=O) groups is 4. The van der Waals surface area contributed by atoms with Crippen molar-refractivity contribution < 1.29 is 29.0 Å². The third-order valence-corrected chi connectivity index (χ3v) is 7.10. The molecule has 2 unspecified atom stereocenters. The molecule has 4 N–H and O–H groups in total. The monoisotopic (exact) mass is 545 g/mol. The van der Waals surface area contributed by atoms with Crippen LogP contribution in [0.5, 0.6) is 0 Å². The molecular weight excluding hydrogens is 494 g/mol. The molecule has 10 heteroatoms. The van der Waals surface area contributed by atoms with E-state index in [1.54, 1.807) is 0 Å². The van der Waals surface area contributed by atoms with E-state index in [1.165, 1.54) is 89.3 Å². The first-order chi connectivity index (χ1) is 17.8. The van der Waals surface area contributed by atoms with Crippen LogP contribution in [0.4, 0.5) is 0 Å². The van der Waals surface area contributed by atoms with Crippen molar-refractivity contribution in [3.8, 4) is 0 Å². The number of hydrogen-bond donors (Lipinski definition) is 4. The van der Waals surface area contributed by atoms with Crippen molar-refractivity contribution >= 4 is 35.5 Å². The number of esters is 1. The Morgan fingerprint density at radius 2 is 1.35 bits per heavy atom. The van der Waals surface area contributed by atoms with Gasteiger partial charge in [-0.15, -0.1) is 0 Å². The van der Waals surface area contributed by atoms with Crippen LogP contribution in [0.25, 0.3) is 0 Å². The number of aliphatic hydroxyl groups is 1. The Balaban J connectivity index is 3.86. The van der Waals surface area contributed by atoms with Crippen molar-refractivity contribution in [3.63, 3.8) is 0 Å². The van der Waals surface area contributed by atoms with Gasteiger partial charge >= 0.3 is 5.97 Å². The van der Waals surface area contributed by atoms with E-state index >= 15 is 0 Å². The second kappa shape index (κ2) is 24.5. The Bertz CT molecular complexity index is 635. The number of aliphatic hydroxyl groups excluding tert-OH is 1. The molecule has 0 aliphatic heterocycles. The maximum absolute atomic E-state index is 12.4. The van der Waals surface area contributed by atoms with Gasteiger partial charge in [0.25, 0.3) is 0 Å². The van der Waals surface area contributed by atoms with E-state index in [2.05, 4.69) is 27.6 Å². The van der Waals surface area contributed by atoms with Gasteiger partial charge in [-0.1, -0.05) is 84.0 Å². The molecule has 0 heterocycles. The number of ether oxygens (including phenoxy) is 1. The average molecular weight is 546 g/mol. The summed E-state index contributed by atoms with van der Waals surface area (Å²) in [6, 6.07) is -2.06. The molecule has 0 aliphatic carbocycles. The Morgan fingerprint density at radius 3 is 1.84 bits per heavy atom. The molecule has 0 aromatic carbocycles.